The highest BCUT2D eigenvalue weighted by Crippen LogP contribution is 2.22. The zero-order valence-corrected chi connectivity index (χ0v) is 21.4. The number of anilines is 2. The molecule has 4 rings (SSSR count). The first-order valence-electron chi connectivity index (χ1n) is 12.1. The van der Waals surface area contributed by atoms with E-state index in [1.807, 2.05) is 0 Å². The smallest absolute Gasteiger partial charge is 0.337 e. The summed E-state index contributed by atoms with van der Waals surface area (Å²) in [5.41, 5.74) is 9.05. The lowest BCUT2D eigenvalue weighted by atomic mass is 10.0. The number of carbonyl (C=O) groups is 3. The molecule has 0 heterocycles. The molecule has 4 aromatic rings. The molecule has 2 amide bonds. The number of ether oxygens (including phenoxy) is 1. The molecule has 0 aliphatic heterocycles. The molecule has 0 saturated heterocycles. The second kappa shape index (κ2) is 12.5. The van der Waals surface area contributed by atoms with Crippen LogP contribution in [0.25, 0.3) is 11.6 Å². The molecule has 0 spiro atoms. The zero-order chi connectivity index (χ0) is 28.6. The van der Waals surface area contributed by atoms with Crippen LogP contribution >= 0.6 is 0 Å². The van der Waals surface area contributed by atoms with Gasteiger partial charge in [0.05, 0.1) is 24.0 Å². The molecule has 0 saturated carbocycles. The van der Waals surface area contributed by atoms with Crippen molar-refractivity contribution >= 4 is 40.8 Å². The van der Waals surface area contributed by atoms with Gasteiger partial charge in [-0.15, -0.1) is 0 Å². The molecule has 9 heteroatoms. The third-order valence-electron chi connectivity index (χ3n) is 6.00. The van der Waals surface area contributed by atoms with E-state index in [4.69, 9.17) is 10.5 Å². The molecule has 4 N–H and O–H groups in total. The number of nitrogens with one attached hydrogen (secondary N) is 2. The molecule has 0 atom stereocenters. The fourth-order valence-electron chi connectivity index (χ4n) is 3.80. The molecule has 4 aromatic carbocycles. The van der Waals surface area contributed by atoms with Gasteiger partial charge in [-0.3, -0.25) is 9.59 Å². The van der Waals surface area contributed by atoms with Gasteiger partial charge in [0.25, 0.3) is 11.8 Å². The van der Waals surface area contributed by atoms with E-state index in [0.717, 1.165) is 12.1 Å². The Bertz CT molecular complexity index is 1580. The van der Waals surface area contributed by atoms with Crippen molar-refractivity contribution in [2.45, 2.75) is 6.54 Å². The summed E-state index contributed by atoms with van der Waals surface area (Å²) in [4.78, 5) is 37.5. The van der Waals surface area contributed by atoms with E-state index in [2.05, 4.69) is 10.6 Å². The normalized spacial score (nSPS) is 11.0. The molecular formula is C31H25F2N3O4. The molecular weight excluding hydrogens is 516 g/mol. The lowest BCUT2D eigenvalue weighted by Crippen LogP contribution is -2.24. The van der Waals surface area contributed by atoms with E-state index in [9.17, 15) is 23.2 Å². The Morgan fingerprint density at radius 1 is 0.825 bits per heavy atom. The fourth-order valence-corrected chi connectivity index (χ4v) is 3.80. The number of nitrogen functional groups attached to an aromatic ring is 1. The summed E-state index contributed by atoms with van der Waals surface area (Å²) in [6.45, 7) is 0.106. The molecule has 0 unspecified atom stereocenters. The number of carbonyl (C=O) groups excluding carboxylic acids is 3. The number of para-hydroxylation sites is 2. The number of hydrogen-bond donors (Lipinski definition) is 3. The van der Waals surface area contributed by atoms with Crippen LogP contribution in [0.5, 0.6) is 0 Å². The quantitative estimate of drug-likeness (QED) is 0.119. The number of hydrogen-bond acceptors (Lipinski definition) is 5. The summed E-state index contributed by atoms with van der Waals surface area (Å²) in [7, 11) is 1.27. The number of nitrogens with two attached hydrogens (primary N) is 1. The highest BCUT2D eigenvalue weighted by molar-refractivity contribution is 6.24. The van der Waals surface area contributed by atoms with Crippen LogP contribution in [0.3, 0.4) is 0 Å². The summed E-state index contributed by atoms with van der Waals surface area (Å²) in [6, 6.07) is 23.0. The average molecular weight is 542 g/mol. The predicted molar refractivity (Wildman–Crippen MR) is 149 cm³/mol. The minimum absolute atomic E-state index is 0.0844. The summed E-state index contributed by atoms with van der Waals surface area (Å²) >= 11 is 0. The fraction of sp³-hybridized carbons (Fsp3) is 0.0645. The number of halogens is 2. The van der Waals surface area contributed by atoms with Crippen molar-refractivity contribution < 1.29 is 27.9 Å². The van der Waals surface area contributed by atoms with Crippen molar-refractivity contribution in [2.24, 2.45) is 0 Å². The monoisotopic (exact) mass is 541 g/mol. The summed E-state index contributed by atoms with van der Waals surface area (Å²) in [5.74, 6) is -3.52. The van der Waals surface area contributed by atoms with Gasteiger partial charge in [-0.05, 0) is 71.3 Å². The van der Waals surface area contributed by atoms with E-state index >= 15 is 0 Å². The van der Waals surface area contributed by atoms with E-state index in [1.165, 1.54) is 31.4 Å². The van der Waals surface area contributed by atoms with Gasteiger partial charge in [0.1, 0.15) is 0 Å². The third kappa shape index (κ3) is 6.76. The third-order valence-corrected chi connectivity index (χ3v) is 6.00. The Kier molecular flexibility index (Phi) is 8.65. The van der Waals surface area contributed by atoms with E-state index in [1.54, 1.807) is 60.7 Å². The van der Waals surface area contributed by atoms with Gasteiger partial charge in [-0.2, -0.15) is 0 Å². The van der Waals surface area contributed by atoms with Crippen LogP contribution in [0, 0.1) is 11.6 Å². The summed E-state index contributed by atoms with van der Waals surface area (Å²) in [6.07, 6.45) is 1.51. The molecule has 0 fully saturated rings. The molecule has 40 heavy (non-hydrogen) atoms. The van der Waals surface area contributed by atoms with Gasteiger partial charge in [-0.1, -0.05) is 42.5 Å². The van der Waals surface area contributed by atoms with Gasteiger partial charge in [-0.25, -0.2) is 13.6 Å². The second-order valence-corrected chi connectivity index (χ2v) is 8.72. The van der Waals surface area contributed by atoms with Crippen molar-refractivity contribution in [3.05, 3.63) is 130 Å². The van der Waals surface area contributed by atoms with Gasteiger partial charge in [0.15, 0.2) is 11.6 Å². The molecule has 0 aliphatic rings. The molecule has 7 nitrogen and oxygen atoms in total. The number of methoxy groups -OCH3 is 1. The van der Waals surface area contributed by atoms with Crippen LogP contribution in [-0.2, 0) is 16.1 Å². The standard InChI is InChI=1S/C31H25F2N3O4/c1-40-31(39)22-12-6-19(7-13-22)16-24(23-14-15-25(32)26(33)17-23)30(38)35-18-20-8-10-21(11-9-20)29(37)36-28-5-3-2-4-27(28)34/h2-17H,18,34H2,1H3,(H,35,38)(H,36,37)/b24-16+. The van der Waals surface area contributed by atoms with Crippen molar-refractivity contribution in [3.8, 4) is 0 Å². The van der Waals surface area contributed by atoms with Crippen molar-refractivity contribution in [2.75, 3.05) is 18.2 Å². The number of benzene rings is 4. The first kappa shape index (κ1) is 27.7. The van der Waals surface area contributed by atoms with Crippen LogP contribution in [0.1, 0.15) is 37.4 Å². The van der Waals surface area contributed by atoms with Crippen molar-refractivity contribution in [1.82, 2.24) is 5.32 Å². The Balaban J connectivity index is 1.50. The van der Waals surface area contributed by atoms with Crippen LogP contribution in [-0.4, -0.2) is 24.9 Å². The molecule has 0 bridgehead atoms. The molecule has 202 valence electrons. The SMILES string of the molecule is COC(=O)c1ccc(/C=C(/C(=O)NCc2ccc(C(=O)Nc3ccccc3N)cc2)c2ccc(F)c(F)c2)cc1. The Morgan fingerprint density at radius 3 is 2.12 bits per heavy atom. The van der Waals surface area contributed by atoms with Gasteiger partial charge < -0.3 is 21.1 Å². The highest BCUT2D eigenvalue weighted by atomic mass is 19.2. The topological polar surface area (TPSA) is 111 Å². The van der Waals surface area contributed by atoms with Gasteiger partial charge in [0, 0.05) is 17.7 Å². The van der Waals surface area contributed by atoms with Gasteiger partial charge >= 0.3 is 5.97 Å². The van der Waals surface area contributed by atoms with E-state index < -0.39 is 23.5 Å². The average Bonchev–Trinajstić information content (AvgIpc) is 2.97. The maximum absolute atomic E-state index is 14.0. The minimum Gasteiger partial charge on any atom is -0.465 e. The van der Waals surface area contributed by atoms with Gasteiger partial charge in [0.2, 0.25) is 0 Å². The minimum atomic E-state index is -1.09. The van der Waals surface area contributed by atoms with E-state index in [-0.39, 0.29) is 23.6 Å². The number of esters is 1. The lowest BCUT2D eigenvalue weighted by molar-refractivity contribution is -0.115. The first-order valence-corrected chi connectivity index (χ1v) is 12.1. The second-order valence-electron chi connectivity index (χ2n) is 8.72. The largest absolute Gasteiger partial charge is 0.465 e. The Hall–Kier alpha value is -5.31. The Labute approximate surface area is 229 Å². The Morgan fingerprint density at radius 2 is 1.48 bits per heavy atom. The maximum atomic E-state index is 14.0. The highest BCUT2D eigenvalue weighted by Gasteiger charge is 2.16. The van der Waals surface area contributed by atoms with Crippen LogP contribution < -0.4 is 16.4 Å². The van der Waals surface area contributed by atoms with Crippen LogP contribution in [0.2, 0.25) is 0 Å². The van der Waals surface area contributed by atoms with Crippen molar-refractivity contribution in [1.29, 1.82) is 0 Å². The van der Waals surface area contributed by atoms with Crippen LogP contribution in [0.15, 0.2) is 91.0 Å². The molecule has 0 aliphatic carbocycles. The lowest BCUT2D eigenvalue weighted by Gasteiger charge is -2.11. The predicted octanol–water partition coefficient (Wildman–Crippen LogP) is 5.44. The van der Waals surface area contributed by atoms with Crippen molar-refractivity contribution in [3.63, 3.8) is 0 Å². The maximum Gasteiger partial charge on any atom is 0.337 e. The van der Waals surface area contributed by atoms with E-state index in [0.29, 0.717) is 33.6 Å². The van der Waals surface area contributed by atoms with Crippen LogP contribution in [0.4, 0.5) is 20.2 Å². The zero-order valence-electron chi connectivity index (χ0n) is 21.4. The molecule has 0 radical (unpaired) electrons. The molecule has 0 aromatic heterocycles. The first-order chi connectivity index (χ1) is 19.2. The summed E-state index contributed by atoms with van der Waals surface area (Å²) in [5, 5.41) is 5.52. The number of amides is 2. The summed E-state index contributed by atoms with van der Waals surface area (Å²) < 4.78 is 32.3. The number of rotatable bonds is 8.